The van der Waals surface area contributed by atoms with Crippen LogP contribution in [0, 0.1) is 18.0 Å². The van der Waals surface area contributed by atoms with Crippen LogP contribution in [0.3, 0.4) is 0 Å². The van der Waals surface area contributed by atoms with Gasteiger partial charge in [0.05, 0.1) is 0 Å². The van der Waals surface area contributed by atoms with E-state index in [1.807, 2.05) is 6.20 Å². The van der Waals surface area contributed by atoms with Crippen molar-refractivity contribution in [2.75, 3.05) is 0 Å². The van der Waals surface area contributed by atoms with Gasteiger partial charge in [-0.25, -0.2) is 9.37 Å². The second-order valence-corrected chi connectivity index (χ2v) is 1.23. The molecule has 0 aliphatic carbocycles. The molecule has 0 saturated heterocycles. The molecule has 0 aromatic carbocycles. The summed E-state index contributed by atoms with van der Waals surface area (Å²) in [6, 6.07) is 1.90. The van der Waals surface area contributed by atoms with Crippen molar-refractivity contribution >= 4 is 0 Å². The normalized spacial score (nSPS) is 9.25. The van der Waals surface area contributed by atoms with E-state index in [0.29, 0.717) is 0 Å². The van der Waals surface area contributed by atoms with Crippen molar-refractivity contribution in [1.29, 1.82) is 0 Å². The molecular weight excluding hydrogens is 112 g/mol. The second-order valence-electron chi connectivity index (χ2n) is 1.23. The highest BCUT2D eigenvalue weighted by atomic mass is 19.1. The van der Waals surface area contributed by atoms with Crippen LogP contribution in [0.5, 0.6) is 0 Å². The zero-order chi connectivity index (χ0) is 5.98. The molecule has 0 unspecified atom stereocenters. The fraction of sp³-hybridized carbons (Fsp3) is 0. The maximum absolute atomic E-state index is 11.8. The van der Waals surface area contributed by atoms with Gasteiger partial charge in [0.1, 0.15) is 6.20 Å². The first-order chi connectivity index (χ1) is 3.79. The summed E-state index contributed by atoms with van der Waals surface area (Å²) in [4.78, 5) is 2.91. The second kappa shape index (κ2) is 1.86. The Morgan fingerprint density at radius 2 is 2.12 bits per heavy atom. The molecule has 41 valence electrons. The van der Waals surface area contributed by atoms with Crippen LogP contribution in [0.4, 0.5) is 8.78 Å². The van der Waals surface area contributed by atoms with Crippen molar-refractivity contribution in [2.45, 2.75) is 0 Å². The Morgan fingerprint density at radius 3 is 2.50 bits per heavy atom. The largest absolute Gasteiger partial charge is 0.215 e. The van der Waals surface area contributed by atoms with E-state index in [1.54, 1.807) is 0 Å². The lowest BCUT2D eigenvalue weighted by atomic mass is 10.5. The Labute approximate surface area is 45.0 Å². The molecular formula is C5H2F2N. The maximum Gasteiger partial charge on any atom is 0.213 e. The molecule has 3 heteroatoms. The van der Waals surface area contributed by atoms with Gasteiger partial charge in [-0.2, -0.15) is 4.39 Å². The van der Waals surface area contributed by atoms with Crippen LogP contribution in [0.15, 0.2) is 12.1 Å². The number of rotatable bonds is 0. The van der Waals surface area contributed by atoms with Gasteiger partial charge in [-0.05, 0) is 12.1 Å². The molecule has 0 bridgehead atoms. The summed E-state index contributed by atoms with van der Waals surface area (Å²) in [5.74, 6) is -1.36. The van der Waals surface area contributed by atoms with E-state index >= 15 is 0 Å². The molecule has 8 heavy (non-hydrogen) atoms. The summed E-state index contributed by atoms with van der Waals surface area (Å²) in [7, 11) is 0. The van der Waals surface area contributed by atoms with Crippen LogP contribution in [0.1, 0.15) is 0 Å². The smallest absolute Gasteiger partial charge is 0.213 e. The van der Waals surface area contributed by atoms with Crippen molar-refractivity contribution in [3.8, 4) is 0 Å². The molecule has 1 heterocycles. The van der Waals surface area contributed by atoms with Crippen LogP contribution in [-0.4, -0.2) is 4.98 Å². The van der Waals surface area contributed by atoms with E-state index in [0.717, 1.165) is 12.1 Å². The number of halogens is 2. The third-order valence-electron chi connectivity index (χ3n) is 0.637. The number of pyridine rings is 1. The predicted molar refractivity (Wildman–Crippen MR) is 23.0 cm³/mol. The standard InChI is InChI=1S/C5H2F2N/c6-4-1-2-5(7)8-3-4/h1-2H. The molecule has 0 fully saturated rings. The van der Waals surface area contributed by atoms with Crippen LogP contribution in [-0.2, 0) is 0 Å². The van der Waals surface area contributed by atoms with E-state index in [4.69, 9.17) is 0 Å². The van der Waals surface area contributed by atoms with Gasteiger partial charge in [0.2, 0.25) is 5.95 Å². The molecule has 0 atom stereocenters. The fourth-order valence-corrected chi connectivity index (χ4v) is 0.323. The van der Waals surface area contributed by atoms with Gasteiger partial charge in [-0.15, -0.1) is 0 Å². The first-order valence-corrected chi connectivity index (χ1v) is 1.99. The molecule has 0 spiro atoms. The van der Waals surface area contributed by atoms with Crippen molar-refractivity contribution in [2.24, 2.45) is 0 Å². The third-order valence-corrected chi connectivity index (χ3v) is 0.637. The number of hydrogen-bond donors (Lipinski definition) is 0. The highest BCUT2D eigenvalue weighted by Gasteiger charge is 1.89. The zero-order valence-corrected chi connectivity index (χ0v) is 3.86. The maximum atomic E-state index is 11.8. The first-order valence-electron chi connectivity index (χ1n) is 1.99. The van der Waals surface area contributed by atoms with Gasteiger partial charge in [0.25, 0.3) is 0 Å². The van der Waals surface area contributed by atoms with E-state index in [2.05, 4.69) is 4.98 Å². The summed E-state index contributed by atoms with van der Waals surface area (Å²) in [5, 5.41) is 0. The van der Waals surface area contributed by atoms with Gasteiger partial charge < -0.3 is 0 Å². The minimum atomic E-state index is -0.716. The van der Waals surface area contributed by atoms with Gasteiger partial charge in [0, 0.05) is 0 Å². The fourth-order valence-electron chi connectivity index (χ4n) is 0.323. The highest BCUT2D eigenvalue weighted by molar-refractivity contribution is 4.93. The number of aromatic nitrogens is 1. The molecule has 0 N–H and O–H groups in total. The van der Waals surface area contributed by atoms with Gasteiger partial charge in [-0.3, -0.25) is 0 Å². The average molecular weight is 114 g/mol. The SMILES string of the molecule is Fc1[c]nc(F)cc1. The van der Waals surface area contributed by atoms with Crippen LogP contribution in [0.2, 0.25) is 0 Å². The highest BCUT2D eigenvalue weighted by Crippen LogP contribution is 1.93. The minimum Gasteiger partial charge on any atom is -0.215 e. The Kier molecular flexibility index (Phi) is 1.20. The lowest BCUT2D eigenvalue weighted by Gasteiger charge is -1.81. The lowest BCUT2D eigenvalue weighted by Crippen LogP contribution is -1.81. The molecule has 1 aromatic rings. The summed E-state index contributed by atoms with van der Waals surface area (Å²) in [6.07, 6.45) is 1.81. The molecule has 0 aliphatic heterocycles. The molecule has 0 saturated carbocycles. The molecule has 1 radical (unpaired) electrons. The van der Waals surface area contributed by atoms with E-state index in [1.165, 1.54) is 0 Å². The van der Waals surface area contributed by atoms with Crippen LogP contribution >= 0.6 is 0 Å². The van der Waals surface area contributed by atoms with Gasteiger partial charge >= 0.3 is 0 Å². The summed E-state index contributed by atoms with van der Waals surface area (Å²) in [5.41, 5.74) is 0. The Bertz CT molecular complexity index is 149. The zero-order valence-electron chi connectivity index (χ0n) is 3.86. The van der Waals surface area contributed by atoms with Crippen molar-refractivity contribution in [3.05, 3.63) is 30.1 Å². The monoisotopic (exact) mass is 114 g/mol. The Morgan fingerprint density at radius 1 is 1.38 bits per heavy atom. The minimum absolute atomic E-state index is 0.647. The summed E-state index contributed by atoms with van der Waals surface area (Å²) in [6.45, 7) is 0. The van der Waals surface area contributed by atoms with Gasteiger partial charge in [0.15, 0.2) is 5.82 Å². The molecule has 1 aromatic heterocycles. The average Bonchev–Trinajstić information content (AvgIpc) is 1.77. The Hall–Kier alpha value is -0.990. The van der Waals surface area contributed by atoms with Crippen molar-refractivity contribution in [3.63, 3.8) is 0 Å². The quantitative estimate of drug-likeness (QED) is 0.461. The topological polar surface area (TPSA) is 12.9 Å². The Balaban J connectivity index is 3.03. The predicted octanol–water partition coefficient (Wildman–Crippen LogP) is 1.16. The summed E-state index contributed by atoms with van der Waals surface area (Å²) >= 11 is 0. The van der Waals surface area contributed by atoms with E-state index in [9.17, 15) is 8.78 Å². The van der Waals surface area contributed by atoms with Crippen LogP contribution in [0.25, 0.3) is 0 Å². The van der Waals surface area contributed by atoms with Gasteiger partial charge in [-0.1, -0.05) is 0 Å². The third kappa shape index (κ3) is 0.992. The number of nitrogens with zero attached hydrogens (tertiary/aromatic N) is 1. The molecule has 1 rings (SSSR count). The molecule has 0 amide bonds. The van der Waals surface area contributed by atoms with Crippen molar-refractivity contribution < 1.29 is 8.78 Å². The number of hydrogen-bond acceptors (Lipinski definition) is 1. The molecule has 0 aliphatic rings. The first kappa shape index (κ1) is 5.15. The van der Waals surface area contributed by atoms with E-state index in [-0.39, 0.29) is 0 Å². The van der Waals surface area contributed by atoms with Crippen LogP contribution < -0.4 is 0 Å². The van der Waals surface area contributed by atoms with E-state index < -0.39 is 11.8 Å². The molecule has 1 nitrogen and oxygen atoms in total. The van der Waals surface area contributed by atoms with Crippen molar-refractivity contribution in [1.82, 2.24) is 4.98 Å². The lowest BCUT2D eigenvalue weighted by molar-refractivity contribution is 0.557. The summed E-state index contributed by atoms with van der Waals surface area (Å²) < 4.78 is 23.6.